The van der Waals surface area contributed by atoms with E-state index in [1.807, 2.05) is 0 Å². The lowest BCUT2D eigenvalue weighted by molar-refractivity contribution is 0.121. The van der Waals surface area contributed by atoms with Gasteiger partial charge in [-0.1, -0.05) is 6.92 Å². The summed E-state index contributed by atoms with van der Waals surface area (Å²) in [5.74, 6) is 2.79. The van der Waals surface area contributed by atoms with E-state index < -0.39 is 0 Å². The van der Waals surface area contributed by atoms with E-state index in [1.165, 1.54) is 12.8 Å². The topological polar surface area (TPSA) is 79.7 Å². The first-order valence-electron chi connectivity index (χ1n) is 10.9. The minimum absolute atomic E-state index is 0.653. The molecular weight excluding hydrogens is 402 g/mol. The summed E-state index contributed by atoms with van der Waals surface area (Å²) in [7, 11) is 0. The fourth-order valence-electron chi connectivity index (χ4n) is 4.15. The lowest BCUT2D eigenvalue weighted by Crippen LogP contribution is -2.40. The fourth-order valence-corrected chi connectivity index (χ4v) is 4.99. The second kappa shape index (κ2) is 8.99. The van der Waals surface area contributed by atoms with E-state index in [4.69, 9.17) is 29.4 Å². The maximum absolute atomic E-state index is 5.51. The molecule has 0 N–H and O–H groups in total. The van der Waals surface area contributed by atoms with E-state index >= 15 is 0 Å². The molecule has 3 aliphatic rings. The van der Waals surface area contributed by atoms with Crippen LogP contribution in [0.1, 0.15) is 19.8 Å². The predicted molar refractivity (Wildman–Crippen MR) is 118 cm³/mol. The number of nitrogens with zero attached hydrogens (tertiary/aromatic N) is 7. The fraction of sp³-hybridized carbons (Fsp3) is 0.700. The molecule has 1 atom stereocenters. The van der Waals surface area contributed by atoms with E-state index in [0.717, 1.165) is 50.1 Å². The van der Waals surface area contributed by atoms with Gasteiger partial charge in [0.25, 0.3) is 0 Å². The summed E-state index contributed by atoms with van der Waals surface area (Å²) >= 11 is 1.68. The van der Waals surface area contributed by atoms with Gasteiger partial charge in [0.1, 0.15) is 5.69 Å². The molecule has 0 radical (unpaired) electrons. The number of anilines is 3. The van der Waals surface area contributed by atoms with Crippen LogP contribution < -0.4 is 14.7 Å². The second-order valence-corrected chi connectivity index (χ2v) is 9.00. The highest BCUT2D eigenvalue weighted by atomic mass is 32.1. The number of aromatic nitrogens is 4. The van der Waals surface area contributed by atoms with Crippen molar-refractivity contribution in [1.82, 2.24) is 19.9 Å². The third-order valence-electron chi connectivity index (χ3n) is 5.85. The van der Waals surface area contributed by atoms with Gasteiger partial charge >= 0.3 is 0 Å². The van der Waals surface area contributed by atoms with Gasteiger partial charge in [-0.05, 0) is 18.8 Å². The minimum Gasteiger partial charge on any atom is -0.378 e. The summed E-state index contributed by atoms with van der Waals surface area (Å²) in [5.41, 5.74) is 0.833. The molecule has 30 heavy (non-hydrogen) atoms. The molecule has 0 bridgehead atoms. The zero-order chi connectivity index (χ0) is 20.3. The van der Waals surface area contributed by atoms with Crippen LogP contribution in [0, 0.1) is 5.92 Å². The highest BCUT2D eigenvalue weighted by molar-refractivity contribution is 7.14. The molecular formula is C20H29N7O2S. The molecule has 0 aromatic carbocycles. The number of hydrogen-bond acceptors (Lipinski definition) is 10. The van der Waals surface area contributed by atoms with Crippen LogP contribution in [0.4, 0.5) is 17.0 Å². The standard InChI is InChI=1S/C20H29N7O2S/c1-15-3-2-4-27(13-15)20-21-16(14-30-20)17-22-18(25-5-9-28-10-6-25)24-19(23-17)26-7-11-29-12-8-26/h14-15H,2-13H2,1H3. The first-order chi connectivity index (χ1) is 14.8. The van der Waals surface area contributed by atoms with Crippen LogP contribution in [-0.4, -0.2) is 85.6 Å². The van der Waals surface area contributed by atoms with E-state index in [1.54, 1.807) is 11.3 Å². The van der Waals surface area contributed by atoms with Crippen LogP contribution in [0.15, 0.2) is 5.38 Å². The van der Waals surface area contributed by atoms with Crippen LogP contribution in [0.5, 0.6) is 0 Å². The molecule has 9 nitrogen and oxygen atoms in total. The number of morpholine rings is 2. The summed E-state index contributed by atoms with van der Waals surface area (Å²) in [5, 5.41) is 3.15. The van der Waals surface area contributed by atoms with Crippen molar-refractivity contribution in [2.24, 2.45) is 5.92 Å². The van der Waals surface area contributed by atoms with Crippen molar-refractivity contribution >= 4 is 28.4 Å². The molecule has 10 heteroatoms. The number of piperidine rings is 1. The molecule has 2 aromatic rings. The van der Waals surface area contributed by atoms with Crippen LogP contribution in [0.3, 0.4) is 0 Å². The zero-order valence-corrected chi connectivity index (χ0v) is 18.3. The van der Waals surface area contributed by atoms with E-state index in [0.29, 0.717) is 50.1 Å². The molecule has 162 valence electrons. The Morgan fingerprint density at radius 3 is 2.07 bits per heavy atom. The summed E-state index contributed by atoms with van der Waals surface area (Å²) < 4.78 is 11.0. The summed E-state index contributed by atoms with van der Waals surface area (Å²) in [6, 6.07) is 0. The van der Waals surface area contributed by atoms with Gasteiger partial charge in [0.15, 0.2) is 11.0 Å². The van der Waals surface area contributed by atoms with Crippen molar-refractivity contribution in [3.63, 3.8) is 0 Å². The number of hydrogen-bond donors (Lipinski definition) is 0. The van der Waals surface area contributed by atoms with Crippen molar-refractivity contribution in [2.75, 3.05) is 80.4 Å². The molecule has 0 spiro atoms. The molecule has 3 saturated heterocycles. The summed E-state index contributed by atoms with van der Waals surface area (Å²) in [6.07, 6.45) is 2.53. The molecule has 0 amide bonds. The Morgan fingerprint density at radius 2 is 1.47 bits per heavy atom. The quantitative estimate of drug-likeness (QED) is 0.721. The maximum Gasteiger partial charge on any atom is 0.230 e. The number of thiazole rings is 1. The van der Waals surface area contributed by atoms with Crippen molar-refractivity contribution < 1.29 is 9.47 Å². The van der Waals surface area contributed by atoms with Gasteiger partial charge < -0.3 is 24.2 Å². The molecule has 3 aliphatic heterocycles. The zero-order valence-electron chi connectivity index (χ0n) is 17.5. The first kappa shape index (κ1) is 19.9. The highest BCUT2D eigenvalue weighted by Gasteiger charge is 2.24. The highest BCUT2D eigenvalue weighted by Crippen LogP contribution is 2.30. The van der Waals surface area contributed by atoms with Gasteiger partial charge in [-0.3, -0.25) is 0 Å². The molecule has 5 rings (SSSR count). The molecule has 0 aliphatic carbocycles. The Hall–Kier alpha value is -2.04. The van der Waals surface area contributed by atoms with Gasteiger partial charge in [-0.15, -0.1) is 11.3 Å². The Bertz CT molecular complexity index is 815. The van der Waals surface area contributed by atoms with Gasteiger partial charge in [0.05, 0.1) is 26.4 Å². The van der Waals surface area contributed by atoms with Gasteiger partial charge in [0, 0.05) is 44.6 Å². The molecule has 5 heterocycles. The van der Waals surface area contributed by atoms with Crippen LogP contribution >= 0.6 is 11.3 Å². The monoisotopic (exact) mass is 431 g/mol. The lowest BCUT2D eigenvalue weighted by atomic mass is 10.0. The van der Waals surface area contributed by atoms with E-state index in [2.05, 4.69) is 27.0 Å². The van der Waals surface area contributed by atoms with Crippen LogP contribution in [-0.2, 0) is 9.47 Å². The number of rotatable bonds is 4. The molecule has 0 saturated carbocycles. The average molecular weight is 432 g/mol. The first-order valence-corrected chi connectivity index (χ1v) is 11.8. The van der Waals surface area contributed by atoms with E-state index in [-0.39, 0.29) is 0 Å². The van der Waals surface area contributed by atoms with Gasteiger partial charge in [-0.2, -0.15) is 15.0 Å². The molecule has 3 fully saturated rings. The SMILES string of the molecule is CC1CCCN(c2nc(-c3nc(N4CCOCC4)nc(N4CCOCC4)n3)cs2)C1. The smallest absolute Gasteiger partial charge is 0.230 e. The lowest BCUT2D eigenvalue weighted by Gasteiger charge is -2.30. The average Bonchev–Trinajstić information content (AvgIpc) is 3.31. The maximum atomic E-state index is 5.51. The Labute approximate surface area is 181 Å². The summed E-state index contributed by atoms with van der Waals surface area (Å²) in [4.78, 5) is 26.1. The second-order valence-electron chi connectivity index (χ2n) is 8.17. The largest absolute Gasteiger partial charge is 0.378 e. The minimum atomic E-state index is 0.653. The Kier molecular flexibility index (Phi) is 5.96. The van der Waals surface area contributed by atoms with Gasteiger partial charge in [0.2, 0.25) is 11.9 Å². The molecule has 2 aromatic heterocycles. The van der Waals surface area contributed by atoms with Crippen molar-refractivity contribution in [1.29, 1.82) is 0 Å². The summed E-state index contributed by atoms with van der Waals surface area (Å²) in [6.45, 7) is 10.4. The predicted octanol–water partition coefficient (Wildman–Crippen LogP) is 1.90. The van der Waals surface area contributed by atoms with Crippen molar-refractivity contribution in [3.05, 3.63) is 5.38 Å². The third-order valence-corrected chi connectivity index (χ3v) is 6.75. The molecule has 1 unspecified atom stereocenters. The Balaban J connectivity index is 1.45. The van der Waals surface area contributed by atoms with Gasteiger partial charge in [-0.25, -0.2) is 4.98 Å². The van der Waals surface area contributed by atoms with E-state index in [9.17, 15) is 0 Å². The van der Waals surface area contributed by atoms with Crippen molar-refractivity contribution in [3.8, 4) is 11.5 Å². The van der Waals surface area contributed by atoms with Crippen molar-refractivity contribution in [2.45, 2.75) is 19.8 Å². The van der Waals surface area contributed by atoms with Crippen LogP contribution in [0.2, 0.25) is 0 Å². The number of ether oxygens (including phenoxy) is 2. The third kappa shape index (κ3) is 4.35. The Morgan fingerprint density at radius 1 is 0.833 bits per heavy atom. The van der Waals surface area contributed by atoms with Crippen LogP contribution in [0.25, 0.3) is 11.5 Å². The normalized spacial score (nSPS) is 23.1.